The molecule has 1 fully saturated rings. The van der Waals surface area contributed by atoms with Gasteiger partial charge in [0.1, 0.15) is 0 Å². The fraction of sp³-hybridized carbons (Fsp3) is 0.217. The quantitative estimate of drug-likeness (QED) is 0.671. The first-order valence-electron chi connectivity index (χ1n) is 9.07. The molecule has 0 spiro atoms. The molecule has 27 heavy (non-hydrogen) atoms. The summed E-state index contributed by atoms with van der Waals surface area (Å²) in [6, 6.07) is 20.1. The van der Waals surface area contributed by atoms with E-state index in [1.165, 1.54) is 0 Å². The molecule has 4 rings (SSSR count). The molecule has 1 aliphatic carbocycles. The zero-order chi connectivity index (χ0) is 18.7. The Bertz CT molecular complexity index is 914. The minimum Gasteiger partial charge on any atom is -0.481 e. The standard InChI is InChI=1S/C23H21NO3/c25-22(26)23(11-12-23)21-9-7-20(8-10-21)19-5-3-17(4-6-19)15-27-16-18-2-1-13-24-14-18/h1-10,13-14H,11-12,15-16H2,(H,25,26). The van der Waals surface area contributed by atoms with E-state index in [0.29, 0.717) is 13.2 Å². The van der Waals surface area contributed by atoms with Crippen molar-refractivity contribution in [1.29, 1.82) is 0 Å². The molecular formula is C23H21NO3. The van der Waals surface area contributed by atoms with Gasteiger partial charge in [-0.2, -0.15) is 0 Å². The van der Waals surface area contributed by atoms with Crippen LogP contribution in [0.15, 0.2) is 73.1 Å². The van der Waals surface area contributed by atoms with E-state index < -0.39 is 11.4 Å². The molecule has 0 amide bonds. The molecule has 0 atom stereocenters. The van der Waals surface area contributed by atoms with E-state index in [1.807, 2.05) is 42.6 Å². The highest BCUT2D eigenvalue weighted by molar-refractivity contribution is 5.85. The minimum atomic E-state index is -0.717. The zero-order valence-corrected chi connectivity index (χ0v) is 15.0. The molecule has 1 aromatic heterocycles. The Kier molecular flexibility index (Phi) is 4.73. The van der Waals surface area contributed by atoms with E-state index in [0.717, 1.165) is 40.7 Å². The fourth-order valence-corrected chi connectivity index (χ4v) is 3.30. The van der Waals surface area contributed by atoms with Crippen molar-refractivity contribution >= 4 is 5.97 Å². The number of ether oxygens (including phenoxy) is 1. The smallest absolute Gasteiger partial charge is 0.314 e. The second-order valence-corrected chi connectivity index (χ2v) is 7.02. The number of aliphatic carboxylic acids is 1. The van der Waals surface area contributed by atoms with Crippen LogP contribution < -0.4 is 0 Å². The molecule has 1 aliphatic rings. The number of benzene rings is 2. The predicted octanol–water partition coefficient (Wildman–Crippen LogP) is 4.58. The molecular weight excluding hydrogens is 338 g/mol. The number of rotatable bonds is 7. The van der Waals surface area contributed by atoms with Gasteiger partial charge in [0, 0.05) is 12.4 Å². The van der Waals surface area contributed by atoms with Crippen LogP contribution in [0.4, 0.5) is 0 Å². The van der Waals surface area contributed by atoms with Crippen LogP contribution in [0.3, 0.4) is 0 Å². The van der Waals surface area contributed by atoms with E-state index >= 15 is 0 Å². The SMILES string of the molecule is O=C(O)C1(c2ccc(-c3ccc(COCc4cccnc4)cc3)cc2)CC1. The first-order valence-corrected chi connectivity index (χ1v) is 9.07. The first kappa shape index (κ1) is 17.4. The number of carbonyl (C=O) groups is 1. The number of nitrogens with zero attached hydrogens (tertiary/aromatic N) is 1. The number of pyridine rings is 1. The largest absolute Gasteiger partial charge is 0.481 e. The van der Waals surface area contributed by atoms with Crippen LogP contribution in [-0.4, -0.2) is 16.1 Å². The highest BCUT2D eigenvalue weighted by Crippen LogP contribution is 2.48. The Labute approximate surface area is 158 Å². The third kappa shape index (κ3) is 3.76. The summed E-state index contributed by atoms with van der Waals surface area (Å²) in [5.74, 6) is -0.717. The topological polar surface area (TPSA) is 59.4 Å². The molecule has 0 bridgehead atoms. The Hall–Kier alpha value is -2.98. The van der Waals surface area contributed by atoms with Gasteiger partial charge in [0.2, 0.25) is 0 Å². The number of carboxylic acid groups (broad SMARTS) is 1. The average molecular weight is 359 g/mol. The van der Waals surface area contributed by atoms with Crippen molar-refractivity contribution < 1.29 is 14.6 Å². The van der Waals surface area contributed by atoms with Gasteiger partial charge in [-0.05, 0) is 46.7 Å². The molecule has 0 radical (unpaired) electrons. The summed E-state index contributed by atoms with van der Waals surface area (Å²) in [6.07, 6.45) is 5.02. The summed E-state index contributed by atoms with van der Waals surface area (Å²) in [5, 5.41) is 9.40. The van der Waals surface area contributed by atoms with E-state index in [9.17, 15) is 9.90 Å². The summed E-state index contributed by atoms with van der Waals surface area (Å²) in [5.41, 5.74) is 4.62. The number of carboxylic acids is 1. The van der Waals surface area contributed by atoms with Gasteiger partial charge in [0.25, 0.3) is 0 Å². The molecule has 136 valence electrons. The lowest BCUT2D eigenvalue weighted by Gasteiger charge is -2.11. The van der Waals surface area contributed by atoms with Crippen molar-refractivity contribution in [3.8, 4) is 11.1 Å². The van der Waals surface area contributed by atoms with Crippen LogP contribution in [0.5, 0.6) is 0 Å². The van der Waals surface area contributed by atoms with Crippen molar-refractivity contribution in [2.75, 3.05) is 0 Å². The van der Waals surface area contributed by atoms with Crippen molar-refractivity contribution in [2.45, 2.75) is 31.5 Å². The first-order chi connectivity index (χ1) is 13.2. The number of hydrogen-bond donors (Lipinski definition) is 1. The molecule has 3 aromatic rings. The molecule has 0 unspecified atom stereocenters. The van der Waals surface area contributed by atoms with Crippen molar-refractivity contribution in [3.63, 3.8) is 0 Å². The van der Waals surface area contributed by atoms with Crippen molar-refractivity contribution in [1.82, 2.24) is 4.98 Å². The minimum absolute atomic E-state index is 0.544. The lowest BCUT2D eigenvalue weighted by molar-refractivity contribution is -0.140. The van der Waals surface area contributed by atoms with E-state index in [-0.39, 0.29) is 0 Å². The second kappa shape index (κ2) is 7.33. The van der Waals surface area contributed by atoms with Gasteiger partial charge in [0.15, 0.2) is 0 Å². The lowest BCUT2D eigenvalue weighted by Crippen LogP contribution is -2.19. The number of hydrogen-bond acceptors (Lipinski definition) is 3. The Morgan fingerprint density at radius 2 is 1.56 bits per heavy atom. The fourth-order valence-electron chi connectivity index (χ4n) is 3.30. The molecule has 2 aromatic carbocycles. The maximum absolute atomic E-state index is 11.4. The predicted molar refractivity (Wildman–Crippen MR) is 103 cm³/mol. The van der Waals surface area contributed by atoms with Crippen LogP contribution >= 0.6 is 0 Å². The summed E-state index contributed by atoms with van der Waals surface area (Å²) >= 11 is 0. The molecule has 0 aliphatic heterocycles. The van der Waals surface area contributed by atoms with E-state index in [2.05, 4.69) is 29.2 Å². The maximum atomic E-state index is 11.4. The highest BCUT2D eigenvalue weighted by Gasteiger charge is 2.51. The Balaban J connectivity index is 1.38. The van der Waals surface area contributed by atoms with Crippen LogP contribution in [0, 0.1) is 0 Å². The molecule has 1 heterocycles. The van der Waals surface area contributed by atoms with Gasteiger partial charge in [-0.25, -0.2) is 0 Å². The maximum Gasteiger partial charge on any atom is 0.314 e. The van der Waals surface area contributed by atoms with Crippen LogP contribution in [-0.2, 0) is 28.2 Å². The summed E-state index contributed by atoms with van der Waals surface area (Å²) in [7, 11) is 0. The van der Waals surface area contributed by atoms with Gasteiger partial charge < -0.3 is 9.84 Å². The molecule has 4 heteroatoms. The number of aromatic nitrogens is 1. The molecule has 1 N–H and O–H groups in total. The van der Waals surface area contributed by atoms with E-state index in [1.54, 1.807) is 6.20 Å². The molecule has 4 nitrogen and oxygen atoms in total. The Morgan fingerprint density at radius 1 is 0.926 bits per heavy atom. The third-order valence-electron chi connectivity index (χ3n) is 5.14. The van der Waals surface area contributed by atoms with Gasteiger partial charge in [-0.15, -0.1) is 0 Å². The summed E-state index contributed by atoms with van der Waals surface area (Å²) in [6.45, 7) is 1.09. The molecule has 0 saturated heterocycles. The average Bonchev–Trinajstić information content (AvgIpc) is 3.52. The van der Waals surface area contributed by atoms with Crippen molar-refractivity contribution in [3.05, 3.63) is 89.7 Å². The van der Waals surface area contributed by atoms with Gasteiger partial charge >= 0.3 is 5.97 Å². The van der Waals surface area contributed by atoms with Crippen LogP contribution in [0.1, 0.15) is 29.5 Å². The third-order valence-corrected chi connectivity index (χ3v) is 5.14. The van der Waals surface area contributed by atoms with Gasteiger partial charge in [-0.3, -0.25) is 9.78 Å². The monoisotopic (exact) mass is 359 g/mol. The van der Waals surface area contributed by atoms with Gasteiger partial charge in [-0.1, -0.05) is 54.6 Å². The summed E-state index contributed by atoms with van der Waals surface area (Å²) < 4.78 is 5.74. The van der Waals surface area contributed by atoms with Crippen LogP contribution in [0.2, 0.25) is 0 Å². The molecule has 1 saturated carbocycles. The second-order valence-electron chi connectivity index (χ2n) is 7.02. The highest BCUT2D eigenvalue weighted by atomic mass is 16.5. The lowest BCUT2D eigenvalue weighted by atomic mass is 9.94. The van der Waals surface area contributed by atoms with Gasteiger partial charge in [0.05, 0.1) is 18.6 Å². The van der Waals surface area contributed by atoms with Crippen molar-refractivity contribution in [2.24, 2.45) is 0 Å². The summed E-state index contributed by atoms with van der Waals surface area (Å²) in [4.78, 5) is 15.5. The normalized spacial score (nSPS) is 14.7. The van der Waals surface area contributed by atoms with E-state index in [4.69, 9.17) is 4.74 Å². The Morgan fingerprint density at radius 3 is 2.11 bits per heavy atom. The zero-order valence-electron chi connectivity index (χ0n) is 15.0. The van der Waals surface area contributed by atoms with Crippen LogP contribution in [0.25, 0.3) is 11.1 Å².